The van der Waals surface area contributed by atoms with Gasteiger partial charge in [-0.15, -0.1) is 0 Å². The molecule has 0 bridgehead atoms. The van der Waals surface area contributed by atoms with Crippen LogP contribution in [0.4, 0.5) is 0 Å². The summed E-state index contributed by atoms with van der Waals surface area (Å²) in [7, 11) is 0. The summed E-state index contributed by atoms with van der Waals surface area (Å²) in [6, 6.07) is 9.87. The smallest absolute Gasteiger partial charge is 0.234 e. The van der Waals surface area contributed by atoms with Crippen LogP contribution in [0.15, 0.2) is 30.3 Å². The van der Waals surface area contributed by atoms with Gasteiger partial charge in [0.15, 0.2) is 0 Å². The van der Waals surface area contributed by atoms with Crippen molar-refractivity contribution < 1.29 is 9.53 Å². The average molecular weight is 236 g/mol. The topological polar surface area (TPSA) is 50.4 Å². The summed E-state index contributed by atoms with van der Waals surface area (Å²) in [5, 5.41) is 5.83. The highest BCUT2D eigenvalue weighted by Crippen LogP contribution is 2.07. The third-order valence-electron chi connectivity index (χ3n) is 2.11. The molecule has 4 nitrogen and oxygen atoms in total. The highest BCUT2D eigenvalue weighted by molar-refractivity contribution is 5.77. The number of amides is 1. The molecule has 94 valence electrons. The summed E-state index contributed by atoms with van der Waals surface area (Å²) in [5.41, 5.74) is 0. The lowest BCUT2D eigenvalue weighted by Gasteiger charge is -2.09. The molecule has 1 amide bonds. The lowest BCUT2D eigenvalue weighted by molar-refractivity contribution is -0.120. The molecule has 0 atom stereocenters. The summed E-state index contributed by atoms with van der Waals surface area (Å²) in [4.78, 5) is 11.3. The van der Waals surface area contributed by atoms with Crippen LogP contribution in [0, 0.1) is 0 Å². The van der Waals surface area contributed by atoms with Gasteiger partial charge in [-0.2, -0.15) is 0 Å². The first-order chi connectivity index (χ1) is 8.18. The van der Waals surface area contributed by atoms with Crippen LogP contribution >= 0.6 is 0 Å². The second-order valence-corrected chi connectivity index (χ2v) is 4.05. The van der Waals surface area contributed by atoms with Crippen molar-refractivity contribution in [1.82, 2.24) is 10.6 Å². The van der Waals surface area contributed by atoms with Gasteiger partial charge in [0.1, 0.15) is 12.4 Å². The monoisotopic (exact) mass is 236 g/mol. The zero-order valence-corrected chi connectivity index (χ0v) is 10.4. The van der Waals surface area contributed by atoms with Crippen LogP contribution in [0.1, 0.15) is 13.8 Å². The van der Waals surface area contributed by atoms with Crippen LogP contribution in [0.3, 0.4) is 0 Å². The van der Waals surface area contributed by atoms with E-state index in [1.54, 1.807) is 0 Å². The Kier molecular flexibility index (Phi) is 6.10. The molecule has 0 saturated heterocycles. The first-order valence-corrected chi connectivity index (χ1v) is 5.86. The van der Waals surface area contributed by atoms with Gasteiger partial charge >= 0.3 is 0 Å². The number of benzene rings is 1. The van der Waals surface area contributed by atoms with E-state index < -0.39 is 0 Å². The number of hydrogen-bond acceptors (Lipinski definition) is 3. The highest BCUT2D eigenvalue weighted by atomic mass is 16.5. The van der Waals surface area contributed by atoms with Gasteiger partial charge in [-0.1, -0.05) is 32.0 Å². The molecular formula is C13H20N2O2. The minimum atomic E-state index is -0.00429. The maximum atomic E-state index is 11.3. The van der Waals surface area contributed by atoms with Gasteiger partial charge in [0, 0.05) is 6.04 Å². The van der Waals surface area contributed by atoms with E-state index >= 15 is 0 Å². The molecule has 0 aliphatic heterocycles. The molecule has 0 radical (unpaired) electrons. The van der Waals surface area contributed by atoms with Crippen molar-refractivity contribution in [2.24, 2.45) is 0 Å². The highest BCUT2D eigenvalue weighted by Gasteiger charge is 2.01. The molecule has 0 heterocycles. The van der Waals surface area contributed by atoms with Crippen LogP contribution in [-0.2, 0) is 4.79 Å². The van der Waals surface area contributed by atoms with Crippen molar-refractivity contribution in [3.8, 4) is 5.75 Å². The van der Waals surface area contributed by atoms with E-state index in [0.717, 1.165) is 5.75 Å². The normalized spacial score (nSPS) is 10.3. The summed E-state index contributed by atoms with van der Waals surface area (Å²) in [6.07, 6.45) is 0. The average Bonchev–Trinajstić information content (AvgIpc) is 2.33. The Bertz CT molecular complexity index is 325. The largest absolute Gasteiger partial charge is 0.492 e. The lowest BCUT2D eigenvalue weighted by Crippen LogP contribution is -2.38. The summed E-state index contributed by atoms with van der Waals surface area (Å²) >= 11 is 0. The molecule has 2 N–H and O–H groups in total. The van der Waals surface area contributed by atoms with Gasteiger partial charge in [-0.25, -0.2) is 0 Å². The Morgan fingerprint density at radius 3 is 2.65 bits per heavy atom. The second-order valence-electron chi connectivity index (χ2n) is 4.05. The number of carbonyl (C=O) groups is 1. The summed E-state index contributed by atoms with van der Waals surface area (Å²) in [5.74, 6) is 0.817. The Morgan fingerprint density at radius 2 is 2.00 bits per heavy atom. The lowest BCUT2D eigenvalue weighted by atomic mass is 10.3. The van der Waals surface area contributed by atoms with Crippen molar-refractivity contribution in [3.63, 3.8) is 0 Å². The third-order valence-corrected chi connectivity index (χ3v) is 2.11. The number of ether oxygens (including phenoxy) is 1. The maximum Gasteiger partial charge on any atom is 0.234 e. The first kappa shape index (κ1) is 13.5. The number of hydrogen-bond donors (Lipinski definition) is 2. The van der Waals surface area contributed by atoms with Gasteiger partial charge in [-0.3, -0.25) is 4.79 Å². The molecule has 17 heavy (non-hydrogen) atoms. The van der Waals surface area contributed by atoms with E-state index in [0.29, 0.717) is 25.7 Å². The molecule has 0 aromatic heterocycles. The summed E-state index contributed by atoms with van der Waals surface area (Å²) < 4.78 is 5.45. The van der Waals surface area contributed by atoms with Gasteiger partial charge in [0.25, 0.3) is 0 Å². The van der Waals surface area contributed by atoms with E-state index in [-0.39, 0.29) is 5.91 Å². The predicted octanol–water partition coefficient (Wildman–Crippen LogP) is 1.18. The number of para-hydroxylation sites is 1. The minimum Gasteiger partial charge on any atom is -0.492 e. The molecule has 0 saturated carbocycles. The maximum absolute atomic E-state index is 11.3. The van der Waals surface area contributed by atoms with Gasteiger partial charge in [0.2, 0.25) is 5.91 Å². The van der Waals surface area contributed by atoms with E-state index in [1.807, 2.05) is 44.2 Å². The van der Waals surface area contributed by atoms with Gasteiger partial charge < -0.3 is 15.4 Å². The molecule has 0 unspecified atom stereocenters. The molecule has 1 aromatic carbocycles. The zero-order valence-electron chi connectivity index (χ0n) is 10.4. The van der Waals surface area contributed by atoms with Crippen LogP contribution in [-0.4, -0.2) is 31.6 Å². The molecule has 1 rings (SSSR count). The zero-order chi connectivity index (χ0) is 12.5. The van der Waals surface area contributed by atoms with Crippen LogP contribution in [0.25, 0.3) is 0 Å². The van der Waals surface area contributed by atoms with Crippen molar-refractivity contribution in [3.05, 3.63) is 30.3 Å². The standard InChI is InChI=1S/C13H20N2O2/c1-11(2)15-10-13(16)14-8-9-17-12-6-4-3-5-7-12/h3-7,11,15H,8-10H2,1-2H3,(H,14,16). The molecule has 4 heteroatoms. The van der Waals surface area contributed by atoms with E-state index in [4.69, 9.17) is 4.74 Å². The number of rotatable bonds is 7. The second kappa shape index (κ2) is 7.68. The fourth-order valence-electron chi connectivity index (χ4n) is 1.24. The van der Waals surface area contributed by atoms with Crippen LogP contribution in [0.5, 0.6) is 5.75 Å². The molecule has 1 aromatic rings. The van der Waals surface area contributed by atoms with Crippen molar-refractivity contribution in [1.29, 1.82) is 0 Å². The molecule has 0 aliphatic carbocycles. The molecule has 0 aliphatic rings. The van der Waals surface area contributed by atoms with Crippen LogP contribution < -0.4 is 15.4 Å². The SMILES string of the molecule is CC(C)NCC(=O)NCCOc1ccccc1. The Labute approximate surface area is 102 Å². The van der Waals surface area contributed by atoms with Crippen molar-refractivity contribution >= 4 is 5.91 Å². The van der Waals surface area contributed by atoms with E-state index in [2.05, 4.69) is 10.6 Å². The molecule has 0 spiro atoms. The minimum absolute atomic E-state index is 0.00429. The van der Waals surface area contributed by atoms with Gasteiger partial charge in [-0.05, 0) is 12.1 Å². The Balaban J connectivity index is 2.06. The van der Waals surface area contributed by atoms with Crippen molar-refractivity contribution in [2.75, 3.05) is 19.7 Å². The fourth-order valence-corrected chi connectivity index (χ4v) is 1.24. The Hall–Kier alpha value is -1.55. The molecule has 0 fully saturated rings. The fraction of sp³-hybridized carbons (Fsp3) is 0.462. The van der Waals surface area contributed by atoms with E-state index in [9.17, 15) is 4.79 Å². The number of nitrogens with one attached hydrogen (secondary N) is 2. The van der Waals surface area contributed by atoms with Gasteiger partial charge in [0.05, 0.1) is 13.1 Å². The predicted molar refractivity (Wildman–Crippen MR) is 68.1 cm³/mol. The quantitative estimate of drug-likeness (QED) is 0.699. The molecular weight excluding hydrogens is 216 g/mol. The number of carbonyl (C=O) groups excluding carboxylic acids is 1. The summed E-state index contributed by atoms with van der Waals surface area (Å²) in [6.45, 7) is 5.37. The first-order valence-electron chi connectivity index (χ1n) is 5.86. The van der Waals surface area contributed by atoms with Crippen molar-refractivity contribution in [2.45, 2.75) is 19.9 Å². The van der Waals surface area contributed by atoms with E-state index in [1.165, 1.54) is 0 Å². The third kappa shape index (κ3) is 6.58. The Morgan fingerprint density at radius 1 is 1.29 bits per heavy atom. The van der Waals surface area contributed by atoms with Crippen LogP contribution in [0.2, 0.25) is 0 Å².